The van der Waals surface area contributed by atoms with Crippen molar-refractivity contribution in [1.82, 2.24) is 15.5 Å². The third-order valence-electron chi connectivity index (χ3n) is 5.00. The van der Waals surface area contributed by atoms with Crippen LogP contribution in [0, 0.1) is 18.7 Å². The van der Waals surface area contributed by atoms with Crippen molar-refractivity contribution in [1.29, 1.82) is 0 Å². The highest BCUT2D eigenvalue weighted by Gasteiger charge is 2.22. The van der Waals surface area contributed by atoms with Crippen molar-refractivity contribution in [3.8, 4) is 0 Å². The smallest absolute Gasteiger partial charge is 0.241 e. The van der Waals surface area contributed by atoms with E-state index >= 15 is 0 Å². The van der Waals surface area contributed by atoms with Gasteiger partial charge in [0, 0.05) is 20.1 Å². The molecule has 1 aliphatic rings. The average molecular weight is 362 g/mol. The Balaban J connectivity index is 2.07. The molecule has 1 aromatic carbocycles. The first-order chi connectivity index (χ1) is 12.4. The number of aliphatic imine (C=N–C) groups is 1. The Morgan fingerprint density at radius 1 is 1.31 bits per heavy atom. The van der Waals surface area contributed by atoms with Crippen LogP contribution in [0.25, 0.3) is 0 Å². The molecule has 0 aliphatic heterocycles. The number of nitrogens with one attached hydrogen (secondary N) is 2. The Hall–Kier alpha value is -2.11. The molecule has 1 aliphatic carbocycles. The summed E-state index contributed by atoms with van der Waals surface area (Å²) in [6, 6.07) is 5.51. The lowest BCUT2D eigenvalue weighted by molar-refractivity contribution is -0.127. The molecule has 0 aromatic heterocycles. The molecule has 0 radical (unpaired) electrons. The Bertz CT molecular complexity index is 645. The summed E-state index contributed by atoms with van der Waals surface area (Å²) in [5.74, 6) is 0.943. The standard InChI is InChI=1S/C20H31FN4O/c1-14-9-10-16(11-17(14)21)12-22-20(23-13-19(26)25(3)4)24-18-8-6-5-7-15(18)2/h9-11,15,18H,5-8,12-13H2,1-4H3,(H2,22,23,24). The van der Waals surface area contributed by atoms with E-state index in [4.69, 9.17) is 0 Å². The van der Waals surface area contributed by atoms with Crippen molar-refractivity contribution in [3.63, 3.8) is 0 Å². The van der Waals surface area contributed by atoms with Crippen LogP contribution in [0.5, 0.6) is 0 Å². The van der Waals surface area contributed by atoms with Gasteiger partial charge in [-0.05, 0) is 42.9 Å². The van der Waals surface area contributed by atoms with Crippen LogP contribution in [0.1, 0.15) is 43.7 Å². The molecule has 144 valence electrons. The molecule has 5 nitrogen and oxygen atoms in total. The van der Waals surface area contributed by atoms with Gasteiger partial charge in [0.1, 0.15) is 5.82 Å². The topological polar surface area (TPSA) is 56.7 Å². The second kappa shape index (κ2) is 9.55. The number of likely N-dealkylation sites (N-methyl/N-ethyl adjacent to an activating group) is 1. The summed E-state index contributed by atoms with van der Waals surface area (Å²) in [6.07, 6.45) is 4.77. The average Bonchev–Trinajstić information content (AvgIpc) is 2.61. The monoisotopic (exact) mass is 362 g/mol. The van der Waals surface area contributed by atoms with Crippen LogP contribution in [0.3, 0.4) is 0 Å². The Morgan fingerprint density at radius 2 is 2.04 bits per heavy atom. The summed E-state index contributed by atoms with van der Waals surface area (Å²) in [4.78, 5) is 18.0. The molecule has 1 fully saturated rings. The second-order valence-corrected chi connectivity index (χ2v) is 7.40. The van der Waals surface area contributed by atoms with E-state index in [1.54, 1.807) is 32.0 Å². The lowest BCUT2D eigenvalue weighted by Gasteiger charge is -2.31. The largest absolute Gasteiger partial charge is 0.353 e. The third kappa shape index (κ3) is 6.00. The van der Waals surface area contributed by atoms with E-state index < -0.39 is 0 Å². The molecule has 1 aromatic rings. The van der Waals surface area contributed by atoms with E-state index in [2.05, 4.69) is 22.5 Å². The highest BCUT2D eigenvalue weighted by molar-refractivity contribution is 5.86. The molecule has 26 heavy (non-hydrogen) atoms. The van der Waals surface area contributed by atoms with Crippen LogP contribution in [0.2, 0.25) is 0 Å². The summed E-state index contributed by atoms with van der Waals surface area (Å²) >= 11 is 0. The van der Waals surface area contributed by atoms with Gasteiger partial charge in [-0.2, -0.15) is 0 Å². The Kier molecular flexibility index (Phi) is 7.42. The number of carbonyl (C=O) groups excluding carboxylic acids is 1. The van der Waals surface area contributed by atoms with Crippen molar-refractivity contribution in [2.45, 2.75) is 52.1 Å². The Morgan fingerprint density at radius 3 is 2.69 bits per heavy atom. The van der Waals surface area contributed by atoms with Gasteiger partial charge in [-0.1, -0.05) is 31.9 Å². The zero-order valence-corrected chi connectivity index (χ0v) is 16.3. The molecule has 2 unspecified atom stereocenters. The van der Waals surface area contributed by atoms with Gasteiger partial charge >= 0.3 is 0 Å². The number of aryl methyl sites for hydroxylation is 1. The predicted octanol–water partition coefficient (Wildman–Crippen LogP) is 2.84. The number of carbonyl (C=O) groups is 1. The van der Waals surface area contributed by atoms with Crippen LogP contribution < -0.4 is 10.6 Å². The number of hydrogen-bond donors (Lipinski definition) is 2. The molecule has 1 saturated carbocycles. The van der Waals surface area contributed by atoms with Gasteiger partial charge in [-0.15, -0.1) is 0 Å². The van der Waals surface area contributed by atoms with E-state index in [1.807, 2.05) is 6.07 Å². The summed E-state index contributed by atoms with van der Waals surface area (Å²) in [6.45, 7) is 4.54. The summed E-state index contributed by atoms with van der Waals surface area (Å²) in [7, 11) is 3.46. The van der Waals surface area contributed by atoms with E-state index in [0.29, 0.717) is 30.0 Å². The first-order valence-corrected chi connectivity index (χ1v) is 9.37. The minimum atomic E-state index is -0.219. The van der Waals surface area contributed by atoms with Gasteiger partial charge < -0.3 is 15.5 Å². The fourth-order valence-electron chi connectivity index (χ4n) is 3.08. The zero-order chi connectivity index (χ0) is 19.1. The number of hydrogen-bond acceptors (Lipinski definition) is 2. The van der Waals surface area contributed by atoms with Gasteiger partial charge in [0.2, 0.25) is 5.91 Å². The van der Waals surface area contributed by atoms with E-state index in [1.165, 1.54) is 25.3 Å². The van der Waals surface area contributed by atoms with Crippen LogP contribution in [-0.2, 0) is 11.3 Å². The Labute approximate surface area is 156 Å². The predicted molar refractivity (Wildman–Crippen MR) is 104 cm³/mol. The highest BCUT2D eigenvalue weighted by atomic mass is 19.1. The normalized spacial score (nSPS) is 20.6. The fraction of sp³-hybridized carbons (Fsp3) is 0.600. The van der Waals surface area contributed by atoms with Crippen molar-refractivity contribution >= 4 is 11.9 Å². The lowest BCUT2D eigenvalue weighted by Crippen LogP contribution is -2.49. The maximum Gasteiger partial charge on any atom is 0.241 e. The number of benzene rings is 1. The number of guanidine groups is 1. The number of nitrogens with zero attached hydrogens (tertiary/aromatic N) is 2. The van der Waals surface area contributed by atoms with Crippen molar-refractivity contribution in [2.24, 2.45) is 10.9 Å². The third-order valence-corrected chi connectivity index (χ3v) is 5.00. The fourth-order valence-corrected chi connectivity index (χ4v) is 3.08. The maximum absolute atomic E-state index is 13.7. The van der Waals surface area contributed by atoms with Gasteiger partial charge in [-0.3, -0.25) is 4.79 Å². The molecule has 0 spiro atoms. The molecule has 0 saturated heterocycles. The first-order valence-electron chi connectivity index (χ1n) is 9.37. The molecule has 1 amide bonds. The van der Waals surface area contributed by atoms with Crippen LogP contribution in [0.15, 0.2) is 23.2 Å². The minimum absolute atomic E-state index is 0.0161. The van der Waals surface area contributed by atoms with Crippen molar-refractivity contribution < 1.29 is 9.18 Å². The summed E-state index contributed by atoms with van der Waals surface area (Å²) in [5, 5.41) is 6.59. The lowest BCUT2D eigenvalue weighted by atomic mass is 9.86. The molecule has 0 heterocycles. The molecule has 2 rings (SSSR count). The first kappa shape index (κ1) is 20.2. The number of halogens is 1. The maximum atomic E-state index is 13.7. The zero-order valence-electron chi connectivity index (χ0n) is 16.3. The van der Waals surface area contributed by atoms with Crippen molar-refractivity contribution in [3.05, 3.63) is 35.1 Å². The molecule has 6 heteroatoms. The molecule has 2 N–H and O–H groups in total. The van der Waals surface area contributed by atoms with Crippen molar-refractivity contribution in [2.75, 3.05) is 20.6 Å². The molecular formula is C20H31FN4O. The summed E-state index contributed by atoms with van der Waals surface area (Å²) < 4.78 is 13.7. The van der Waals surface area contributed by atoms with Gasteiger partial charge in [0.15, 0.2) is 5.96 Å². The number of rotatable bonds is 5. The van der Waals surface area contributed by atoms with E-state index in [-0.39, 0.29) is 18.3 Å². The summed E-state index contributed by atoms with van der Waals surface area (Å²) in [5.41, 5.74) is 1.44. The minimum Gasteiger partial charge on any atom is -0.353 e. The highest BCUT2D eigenvalue weighted by Crippen LogP contribution is 2.23. The van der Waals surface area contributed by atoms with Gasteiger partial charge in [0.25, 0.3) is 0 Å². The van der Waals surface area contributed by atoms with E-state index in [0.717, 1.165) is 12.0 Å². The van der Waals surface area contributed by atoms with Gasteiger partial charge in [0.05, 0.1) is 13.1 Å². The van der Waals surface area contributed by atoms with Crippen LogP contribution in [-0.4, -0.2) is 43.4 Å². The van der Waals surface area contributed by atoms with Crippen LogP contribution >= 0.6 is 0 Å². The molecule has 0 bridgehead atoms. The SMILES string of the molecule is Cc1ccc(CN=C(NCC(=O)N(C)C)NC2CCCCC2C)cc1F. The quantitative estimate of drug-likeness (QED) is 0.626. The second-order valence-electron chi connectivity index (χ2n) is 7.40. The number of amides is 1. The molecule has 2 atom stereocenters. The van der Waals surface area contributed by atoms with Gasteiger partial charge in [-0.25, -0.2) is 9.38 Å². The van der Waals surface area contributed by atoms with E-state index in [9.17, 15) is 9.18 Å². The molecular weight excluding hydrogens is 331 g/mol. The van der Waals surface area contributed by atoms with Crippen LogP contribution in [0.4, 0.5) is 4.39 Å².